The zero-order valence-electron chi connectivity index (χ0n) is 18.0. The number of nitrogens with two attached hydrogens (primary N) is 1. The zero-order chi connectivity index (χ0) is 23.1. The highest BCUT2D eigenvalue weighted by atomic mass is 16.5. The molecule has 1 heterocycles. The molecule has 0 atom stereocenters. The van der Waals surface area contributed by atoms with Gasteiger partial charge in [-0.2, -0.15) is 20.2 Å². The summed E-state index contributed by atoms with van der Waals surface area (Å²) in [4.78, 5) is 26.6. The first-order chi connectivity index (χ1) is 15.4. The molecule has 3 rings (SSSR count). The molecule has 3 N–H and O–H groups in total. The summed E-state index contributed by atoms with van der Waals surface area (Å²) in [7, 11) is 3.86. The van der Waals surface area contributed by atoms with E-state index < -0.39 is 5.97 Å². The van der Waals surface area contributed by atoms with Gasteiger partial charge in [0, 0.05) is 25.5 Å². The predicted molar refractivity (Wildman–Crippen MR) is 123 cm³/mol. The van der Waals surface area contributed by atoms with Crippen LogP contribution in [0.3, 0.4) is 0 Å². The van der Waals surface area contributed by atoms with E-state index in [0.717, 1.165) is 16.9 Å². The van der Waals surface area contributed by atoms with Gasteiger partial charge in [0.15, 0.2) is 12.4 Å². The molecular formula is C23H23N7O2. The highest BCUT2D eigenvalue weighted by Gasteiger charge is 2.13. The van der Waals surface area contributed by atoms with Gasteiger partial charge in [-0.25, -0.2) is 4.79 Å². The Morgan fingerprint density at radius 3 is 2.53 bits per heavy atom. The fourth-order valence-corrected chi connectivity index (χ4v) is 2.77. The first-order valence-corrected chi connectivity index (χ1v) is 9.75. The molecule has 3 aromatic rings. The topological polar surface area (TPSA) is 130 Å². The van der Waals surface area contributed by atoms with E-state index in [1.807, 2.05) is 80.5 Å². The van der Waals surface area contributed by atoms with Crippen LogP contribution in [0.15, 0.2) is 54.1 Å². The normalized spacial score (nSPS) is 10.9. The van der Waals surface area contributed by atoms with Gasteiger partial charge in [-0.3, -0.25) is 0 Å². The lowest BCUT2D eigenvalue weighted by Crippen LogP contribution is -2.12. The molecule has 0 aliphatic heterocycles. The molecule has 1 aromatic heterocycles. The van der Waals surface area contributed by atoms with E-state index in [0.29, 0.717) is 5.56 Å². The minimum Gasteiger partial charge on any atom is -0.453 e. The van der Waals surface area contributed by atoms with Gasteiger partial charge >= 0.3 is 5.97 Å². The number of para-hydroxylation sites is 1. The number of nitrogen functional groups attached to an aromatic ring is 1. The van der Waals surface area contributed by atoms with Gasteiger partial charge in [-0.05, 0) is 42.3 Å². The van der Waals surface area contributed by atoms with E-state index in [9.17, 15) is 10.1 Å². The van der Waals surface area contributed by atoms with Gasteiger partial charge in [0.05, 0.1) is 0 Å². The molecule has 2 aromatic carbocycles. The summed E-state index contributed by atoms with van der Waals surface area (Å²) in [6, 6.07) is 16.9. The molecule has 0 unspecified atom stereocenters. The molecule has 162 valence electrons. The number of aromatic nitrogens is 3. The molecule has 0 saturated carbocycles. The van der Waals surface area contributed by atoms with Crippen LogP contribution in [0.5, 0.6) is 0 Å². The van der Waals surface area contributed by atoms with Crippen LogP contribution in [0.4, 0.5) is 23.3 Å². The van der Waals surface area contributed by atoms with Crippen molar-refractivity contribution >= 4 is 35.3 Å². The highest BCUT2D eigenvalue weighted by Crippen LogP contribution is 2.18. The fourth-order valence-electron chi connectivity index (χ4n) is 2.77. The molecule has 0 bridgehead atoms. The number of ether oxygens (including phenoxy) is 1. The molecule has 0 saturated heterocycles. The van der Waals surface area contributed by atoms with Crippen LogP contribution in [0.25, 0.3) is 6.08 Å². The number of nitrogens with zero attached hydrogens (tertiary/aromatic N) is 5. The first-order valence-electron chi connectivity index (χ1n) is 9.75. The molecular weight excluding hydrogens is 406 g/mol. The molecule has 0 amide bonds. The summed E-state index contributed by atoms with van der Waals surface area (Å²) in [5.41, 5.74) is 9.16. The minimum atomic E-state index is -0.781. The molecule has 0 spiro atoms. The van der Waals surface area contributed by atoms with Crippen molar-refractivity contribution in [3.05, 3.63) is 71.1 Å². The maximum Gasteiger partial charge on any atom is 0.349 e. The average Bonchev–Trinajstić information content (AvgIpc) is 2.77. The standard InChI is InChI=1S/C23H23N7O2/c1-15-6-4-5-7-19(15)26-23-28-20(27-22(25)29-23)14-32-21(31)17(13-24)12-16-8-10-18(11-9-16)30(2)3/h4-12H,14H2,1-3H3,(H3,25,26,27,28,29)/b17-12+. The summed E-state index contributed by atoms with van der Waals surface area (Å²) in [5.74, 6) is -0.403. The summed E-state index contributed by atoms with van der Waals surface area (Å²) >= 11 is 0. The fraction of sp³-hybridized carbons (Fsp3) is 0.174. The Balaban J connectivity index is 1.69. The Labute approximate surface area is 186 Å². The quantitative estimate of drug-likeness (QED) is 0.330. The third kappa shape index (κ3) is 5.79. The Hall–Kier alpha value is -4.45. The second-order valence-corrected chi connectivity index (χ2v) is 7.11. The average molecular weight is 429 g/mol. The van der Waals surface area contributed by atoms with Crippen LogP contribution in [-0.2, 0) is 16.1 Å². The lowest BCUT2D eigenvalue weighted by molar-refractivity contribution is -0.139. The number of benzene rings is 2. The van der Waals surface area contributed by atoms with Gasteiger partial charge in [0.25, 0.3) is 0 Å². The third-order valence-electron chi connectivity index (χ3n) is 4.48. The number of nitriles is 1. The number of rotatable bonds is 7. The maximum absolute atomic E-state index is 12.4. The molecule has 0 fully saturated rings. The first kappa shape index (κ1) is 22.2. The van der Waals surface area contributed by atoms with Crippen molar-refractivity contribution < 1.29 is 9.53 Å². The number of carbonyl (C=O) groups is 1. The van der Waals surface area contributed by atoms with Crippen molar-refractivity contribution in [1.82, 2.24) is 15.0 Å². The van der Waals surface area contributed by atoms with E-state index in [-0.39, 0.29) is 29.9 Å². The maximum atomic E-state index is 12.4. The van der Waals surface area contributed by atoms with Gasteiger partial charge < -0.3 is 20.7 Å². The van der Waals surface area contributed by atoms with Crippen molar-refractivity contribution in [3.8, 4) is 6.07 Å². The van der Waals surface area contributed by atoms with E-state index in [1.54, 1.807) is 0 Å². The monoisotopic (exact) mass is 429 g/mol. The molecule has 0 aliphatic rings. The highest BCUT2D eigenvalue weighted by molar-refractivity contribution is 5.97. The van der Waals surface area contributed by atoms with Crippen molar-refractivity contribution in [1.29, 1.82) is 5.26 Å². The molecule has 0 aliphatic carbocycles. The zero-order valence-corrected chi connectivity index (χ0v) is 18.0. The smallest absolute Gasteiger partial charge is 0.349 e. The van der Waals surface area contributed by atoms with Gasteiger partial charge in [-0.1, -0.05) is 30.3 Å². The second kappa shape index (κ2) is 10.0. The van der Waals surface area contributed by atoms with Crippen molar-refractivity contribution in [2.75, 3.05) is 30.0 Å². The van der Waals surface area contributed by atoms with Crippen LogP contribution in [0, 0.1) is 18.3 Å². The number of esters is 1. The van der Waals surface area contributed by atoms with Crippen LogP contribution in [0.2, 0.25) is 0 Å². The second-order valence-electron chi connectivity index (χ2n) is 7.11. The van der Waals surface area contributed by atoms with Crippen LogP contribution in [-0.4, -0.2) is 35.0 Å². The minimum absolute atomic E-state index is 0.0147. The molecule has 9 nitrogen and oxygen atoms in total. The van der Waals surface area contributed by atoms with E-state index in [1.165, 1.54) is 6.08 Å². The largest absolute Gasteiger partial charge is 0.453 e. The van der Waals surface area contributed by atoms with E-state index in [4.69, 9.17) is 10.5 Å². The summed E-state index contributed by atoms with van der Waals surface area (Å²) in [6.45, 7) is 1.69. The number of nitrogens with one attached hydrogen (secondary N) is 1. The van der Waals surface area contributed by atoms with Crippen LogP contribution < -0.4 is 16.0 Å². The molecule has 0 radical (unpaired) electrons. The van der Waals surface area contributed by atoms with Gasteiger partial charge in [-0.15, -0.1) is 0 Å². The Kier molecular flexibility index (Phi) is 6.98. The van der Waals surface area contributed by atoms with Crippen molar-refractivity contribution in [2.24, 2.45) is 0 Å². The third-order valence-corrected chi connectivity index (χ3v) is 4.48. The lowest BCUT2D eigenvalue weighted by atomic mass is 10.1. The predicted octanol–water partition coefficient (Wildman–Crippen LogP) is 3.22. The van der Waals surface area contributed by atoms with E-state index in [2.05, 4.69) is 20.3 Å². The molecule has 9 heteroatoms. The number of anilines is 4. The Morgan fingerprint density at radius 1 is 1.16 bits per heavy atom. The number of aryl methyl sites for hydroxylation is 1. The lowest BCUT2D eigenvalue weighted by Gasteiger charge is -2.12. The molecule has 32 heavy (non-hydrogen) atoms. The number of hydrogen-bond acceptors (Lipinski definition) is 9. The van der Waals surface area contributed by atoms with Gasteiger partial charge in [0.1, 0.15) is 11.6 Å². The van der Waals surface area contributed by atoms with E-state index >= 15 is 0 Å². The Morgan fingerprint density at radius 2 is 1.88 bits per heavy atom. The number of hydrogen-bond donors (Lipinski definition) is 2. The summed E-state index contributed by atoms with van der Waals surface area (Å²) in [6.07, 6.45) is 1.47. The van der Waals surface area contributed by atoms with Gasteiger partial charge in [0.2, 0.25) is 11.9 Å². The van der Waals surface area contributed by atoms with Crippen LogP contribution in [0.1, 0.15) is 17.0 Å². The SMILES string of the molecule is Cc1ccccc1Nc1nc(N)nc(COC(=O)/C(C#N)=C/c2ccc(N(C)C)cc2)n1. The Bertz CT molecular complexity index is 1180. The van der Waals surface area contributed by atoms with Crippen molar-refractivity contribution in [2.45, 2.75) is 13.5 Å². The summed E-state index contributed by atoms with van der Waals surface area (Å²) in [5, 5.41) is 12.4. The van der Waals surface area contributed by atoms with Crippen molar-refractivity contribution in [3.63, 3.8) is 0 Å². The summed E-state index contributed by atoms with van der Waals surface area (Å²) < 4.78 is 5.23. The number of carbonyl (C=O) groups excluding carboxylic acids is 1. The van der Waals surface area contributed by atoms with Crippen LogP contribution >= 0.6 is 0 Å².